The van der Waals surface area contributed by atoms with E-state index >= 15 is 0 Å². The summed E-state index contributed by atoms with van der Waals surface area (Å²) >= 11 is 0. The molecule has 0 aromatic heterocycles. The van der Waals surface area contributed by atoms with Crippen molar-refractivity contribution >= 4 is 0 Å². The van der Waals surface area contributed by atoms with Gasteiger partial charge in [-0.15, -0.1) is 0 Å². The molecule has 0 N–H and O–H groups in total. The van der Waals surface area contributed by atoms with E-state index in [-0.39, 0.29) is 0 Å². The molecular formula is C26H58. The molecular weight excluding hydrogens is 312 g/mol. The summed E-state index contributed by atoms with van der Waals surface area (Å²) in [5, 5.41) is 0. The summed E-state index contributed by atoms with van der Waals surface area (Å²) in [6, 6.07) is 0. The van der Waals surface area contributed by atoms with Crippen molar-refractivity contribution in [1.29, 1.82) is 0 Å². The van der Waals surface area contributed by atoms with Crippen LogP contribution < -0.4 is 0 Å². The standard InChI is InChI=1S/C18H34.4C2H6/c1-15-7-3-11-17(12-4-8-15)18-13-5-9-16(2)10-6-14-18;4*1-2/h15-18H,3-14H2,1-2H3;4*1-2H3. The van der Waals surface area contributed by atoms with Crippen LogP contribution in [-0.4, -0.2) is 0 Å². The highest BCUT2D eigenvalue weighted by molar-refractivity contribution is 4.76. The smallest absolute Gasteiger partial charge is 0.0386 e. The Bertz CT molecular complexity index is 176. The Morgan fingerprint density at radius 1 is 0.346 bits per heavy atom. The molecule has 2 saturated carbocycles. The van der Waals surface area contributed by atoms with Crippen LogP contribution in [0.3, 0.4) is 0 Å². The number of hydrogen-bond donors (Lipinski definition) is 0. The third-order valence-corrected chi connectivity index (χ3v) is 5.75. The lowest BCUT2D eigenvalue weighted by Crippen LogP contribution is -2.19. The van der Waals surface area contributed by atoms with Crippen molar-refractivity contribution in [2.75, 3.05) is 0 Å². The maximum Gasteiger partial charge on any atom is -0.0386 e. The van der Waals surface area contributed by atoms with E-state index in [1.807, 2.05) is 55.4 Å². The van der Waals surface area contributed by atoms with E-state index in [0.29, 0.717) is 0 Å². The van der Waals surface area contributed by atoms with Crippen molar-refractivity contribution in [3.63, 3.8) is 0 Å². The van der Waals surface area contributed by atoms with E-state index in [4.69, 9.17) is 0 Å². The zero-order valence-electron chi connectivity index (χ0n) is 20.8. The van der Waals surface area contributed by atoms with Crippen LogP contribution in [0.15, 0.2) is 0 Å². The van der Waals surface area contributed by atoms with Gasteiger partial charge in [0.2, 0.25) is 0 Å². The molecule has 162 valence electrons. The molecule has 0 spiro atoms. The first-order valence-corrected chi connectivity index (χ1v) is 12.8. The summed E-state index contributed by atoms with van der Waals surface area (Å²) < 4.78 is 0. The molecule has 0 radical (unpaired) electrons. The summed E-state index contributed by atoms with van der Waals surface area (Å²) in [5.74, 6) is 4.19. The molecule has 2 rings (SSSR count). The van der Waals surface area contributed by atoms with Gasteiger partial charge in [0.1, 0.15) is 0 Å². The average molecular weight is 371 g/mol. The molecule has 0 aromatic rings. The molecule has 2 aliphatic carbocycles. The van der Waals surface area contributed by atoms with Gasteiger partial charge in [-0.05, 0) is 23.7 Å². The van der Waals surface area contributed by atoms with E-state index < -0.39 is 0 Å². The highest BCUT2D eigenvalue weighted by Crippen LogP contribution is 2.37. The van der Waals surface area contributed by atoms with Gasteiger partial charge in [-0.2, -0.15) is 0 Å². The van der Waals surface area contributed by atoms with Crippen LogP contribution >= 0.6 is 0 Å². The van der Waals surface area contributed by atoms with Crippen molar-refractivity contribution in [3.8, 4) is 0 Å². The Balaban J connectivity index is -0.000000585. The van der Waals surface area contributed by atoms with Crippen molar-refractivity contribution in [3.05, 3.63) is 0 Å². The van der Waals surface area contributed by atoms with E-state index in [9.17, 15) is 0 Å². The van der Waals surface area contributed by atoms with E-state index in [1.165, 1.54) is 51.4 Å². The number of rotatable bonds is 1. The fourth-order valence-corrected chi connectivity index (χ4v) is 4.43. The third kappa shape index (κ3) is 16.2. The van der Waals surface area contributed by atoms with Gasteiger partial charge < -0.3 is 0 Å². The summed E-state index contributed by atoms with van der Waals surface area (Å²) in [7, 11) is 0. The predicted octanol–water partition coefficient (Wildman–Crippen LogP) is 10.3. The topological polar surface area (TPSA) is 0 Å². The molecule has 0 heteroatoms. The van der Waals surface area contributed by atoms with Gasteiger partial charge in [0.15, 0.2) is 0 Å². The molecule has 0 aliphatic heterocycles. The molecule has 0 bridgehead atoms. The second kappa shape index (κ2) is 25.0. The Morgan fingerprint density at radius 2 is 0.538 bits per heavy atom. The lowest BCUT2D eigenvalue weighted by atomic mass is 9.74. The molecule has 2 fully saturated rings. The molecule has 0 saturated heterocycles. The first kappa shape index (κ1) is 30.7. The highest BCUT2D eigenvalue weighted by Gasteiger charge is 2.24. The Labute approximate surface area is 170 Å². The SMILES string of the molecule is CC.CC.CC.CC.CC1CCCC(C2CCCC(C)CCC2)CCC1. The second-order valence-corrected chi connectivity index (χ2v) is 7.45. The third-order valence-electron chi connectivity index (χ3n) is 5.75. The lowest BCUT2D eigenvalue weighted by molar-refractivity contribution is 0.201. The van der Waals surface area contributed by atoms with Crippen LogP contribution in [0, 0.1) is 23.7 Å². The lowest BCUT2D eigenvalue weighted by Gasteiger charge is -2.32. The summed E-state index contributed by atoms with van der Waals surface area (Å²) in [4.78, 5) is 0. The molecule has 0 amide bonds. The normalized spacial score (nSPS) is 28.8. The van der Waals surface area contributed by atoms with Crippen molar-refractivity contribution < 1.29 is 0 Å². The van der Waals surface area contributed by atoms with Gasteiger partial charge in [-0.25, -0.2) is 0 Å². The molecule has 0 atom stereocenters. The molecule has 0 heterocycles. The van der Waals surface area contributed by atoms with E-state index in [1.54, 1.807) is 25.7 Å². The van der Waals surface area contributed by atoms with Gasteiger partial charge in [0.05, 0.1) is 0 Å². The number of hydrogen-bond acceptors (Lipinski definition) is 0. The molecule has 0 nitrogen and oxygen atoms in total. The van der Waals surface area contributed by atoms with Gasteiger partial charge in [-0.3, -0.25) is 0 Å². The first-order chi connectivity index (χ1) is 12.8. The first-order valence-electron chi connectivity index (χ1n) is 12.8. The van der Waals surface area contributed by atoms with Crippen LogP contribution in [0.5, 0.6) is 0 Å². The zero-order valence-corrected chi connectivity index (χ0v) is 20.8. The van der Waals surface area contributed by atoms with Crippen molar-refractivity contribution in [2.24, 2.45) is 23.7 Å². The van der Waals surface area contributed by atoms with Crippen LogP contribution in [-0.2, 0) is 0 Å². The van der Waals surface area contributed by atoms with Gasteiger partial charge in [0.25, 0.3) is 0 Å². The summed E-state index contributed by atoms with van der Waals surface area (Å²) in [6.07, 6.45) is 18.2. The minimum absolute atomic E-state index is 1.00. The Kier molecular flexibility index (Phi) is 29.5. The Morgan fingerprint density at radius 3 is 0.731 bits per heavy atom. The van der Waals surface area contributed by atoms with Gasteiger partial charge in [-0.1, -0.05) is 146 Å². The molecule has 2 aliphatic rings. The van der Waals surface area contributed by atoms with E-state index in [2.05, 4.69) is 13.8 Å². The minimum atomic E-state index is 1.00. The Hall–Kier alpha value is 0. The highest BCUT2D eigenvalue weighted by atomic mass is 14.3. The second-order valence-electron chi connectivity index (χ2n) is 7.45. The van der Waals surface area contributed by atoms with Crippen LogP contribution in [0.2, 0.25) is 0 Å². The van der Waals surface area contributed by atoms with Gasteiger partial charge >= 0.3 is 0 Å². The molecule has 0 unspecified atom stereocenters. The monoisotopic (exact) mass is 370 g/mol. The molecule has 26 heavy (non-hydrogen) atoms. The maximum absolute atomic E-state index is 2.46. The van der Waals surface area contributed by atoms with E-state index in [0.717, 1.165) is 23.7 Å². The quantitative estimate of drug-likeness (QED) is 0.430. The minimum Gasteiger partial charge on any atom is -0.0683 e. The predicted molar refractivity (Wildman–Crippen MR) is 126 cm³/mol. The largest absolute Gasteiger partial charge is 0.0683 e. The van der Waals surface area contributed by atoms with Crippen molar-refractivity contribution in [2.45, 2.75) is 146 Å². The van der Waals surface area contributed by atoms with Crippen LogP contribution in [0.1, 0.15) is 146 Å². The fraction of sp³-hybridized carbons (Fsp3) is 1.00. The summed E-state index contributed by atoms with van der Waals surface area (Å²) in [6.45, 7) is 20.9. The zero-order chi connectivity index (χ0) is 20.8. The van der Waals surface area contributed by atoms with Crippen LogP contribution in [0.4, 0.5) is 0 Å². The van der Waals surface area contributed by atoms with Gasteiger partial charge in [0, 0.05) is 0 Å². The van der Waals surface area contributed by atoms with Crippen molar-refractivity contribution in [1.82, 2.24) is 0 Å². The fourth-order valence-electron chi connectivity index (χ4n) is 4.43. The maximum atomic E-state index is 2.46. The van der Waals surface area contributed by atoms with Crippen LogP contribution in [0.25, 0.3) is 0 Å². The average Bonchev–Trinajstić information content (AvgIpc) is 2.68. The summed E-state index contributed by atoms with van der Waals surface area (Å²) in [5.41, 5.74) is 0. The molecule has 0 aromatic carbocycles.